The molecule has 5 rings (SSSR count). The number of rotatable bonds is 5. The highest BCUT2D eigenvalue weighted by molar-refractivity contribution is 5.97. The van der Waals surface area contributed by atoms with Crippen molar-refractivity contribution in [3.63, 3.8) is 0 Å². The summed E-state index contributed by atoms with van der Waals surface area (Å²) in [5, 5.41) is 18.7. The summed E-state index contributed by atoms with van der Waals surface area (Å²) in [7, 11) is 1.87. The predicted molar refractivity (Wildman–Crippen MR) is 127 cm³/mol. The van der Waals surface area contributed by atoms with Crippen LogP contribution in [-0.2, 0) is 11.8 Å². The summed E-state index contributed by atoms with van der Waals surface area (Å²) in [6, 6.07) is 13.0. The van der Waals surface area contributed by atoms with Crippen LogP contribution in [0.4, 0.5) is 17.3 Å². The van der Waals surface area contributed by atoms with Crippen molar-refractivity contribution in [2.24, 2.45) is 7.05 Å². The second kappa shape index (κ2) is 8.61. The number of aromatic nitrogens is 3. The van der Waals surface area contributed by atoms with Gasteiger partial charge in [0.25, 0.3) is 5.69 Å². The van der Waals surface area contributed by atoms with Crippen molar-refractivity contribution in [3.05, 3.63) is 76.1 Å². The third-order valence-corrected chi connectivity index (χ3v) is 5.88. The van der Waals surface area contributed by atoms with Crippen LogP contribution in [0.15, 0.2) is 54.9 Å². The number of nitrogens with zero attached hydrogens (tertiary/aromatic N) is 4. The van der Waals surface area contributed by atoms with Gasteiger partial charge in [0.15, 0.2) is 0 Å². The molecule has 0 saturated carbocycles. The van der Waals surface area contributed by atoms with Crippen molar-refractivity contribution in [2.45, 2.75) is 13.0 Å². The fraction of sp³-hybridized carbons (Fsp3) is 0.250. The Bertz CT molecular complexity index is 1330. The monoisotopic (exact) mass is 444 g/mol. The van der Waals surface area contributed by atoms with Crippen LogP contribution < -0.4 is 10.6 Å². The number of anilines is 2. The number of nitro benzene ring substituents is 1. The van der Waals surface area contributed by atoms with Crippen molar-refractivity contribution >= 4 is 28.2 Å². The predicted octanol–water partition coefficient (Wildman–Crippen LogP) is 4.26. The van der Waals surface area contributed by atoms with E-state index >= 15 is 0 Å². The number of fused-ring (bicyclic) bond motifs is 1. The molecule has 3 heterocycles. The maximum atomic E-state index is 11.2. The fourth-order valence-electron chi connectivity index (χ4n) is 4.14. The average Bonchev–Trinajstić information content (AvgIpc) is 3.17. The van der Waals surface area contributed by atoms with Gasteiger partial charge in [0.1, 0.15) is 0 Å². The molecule has 0 spiro atoms. The molecule has 9 heteroatoms. The number of benzene rings is 2. The summed E-state index contributed by atoms with van der Waals surface area (Å²) >= 11 is 0. The zero-order valence-electron chi connectivity index (χ0n) is 18.4. The molecule has 1 aliphatic heterocycles. The van der Waals surface area contributed by atoms with E-state index in [1.165, 1.54) is 6.07 Å². The SMILES string of the molecule is Cc1cnc(Nc2ccc(C3CNCCO3)cc2)nc1-c1cn(C)c2cc([N+](=O)[O-])ccc12. The lowest BCUT2D eigenvalue weighted by molar-refractivity contribution is -0.384. The van der Waals surface area contributed by atoms with Crippen LogP contribution in [0, 0.1) is 17.0 Å². The zero-order chi connectivity index (χ0) is 22.9. The minimum Gasteiger partial charge on any atom is -0.371 e. The first kappa shape index (κ1) is 21.0. The van der Waals surface area contributed by atoms with Gasteiger partial charge < -0.3 is 19.9 Å². The van der Waals surface area contributed by atoms with Crippen LogP contribution in [0.2, 0.25) is 0 Å². The third kappa shape index (κ3) is 4.15. The number of ether oxygens (including phenoxy) is 1. The number of morpholine rings is 1. The lowest BCUT2D eigenvalue weighted by atomic mass is 10.1. The van der Waals surface area contributed by atoms with Gasteiger partial charge in [-0.25, -0.2) is 9.97 Å². The maximum absolute atomic E-state index is 11.2. The van der Waals surface area contributed by atoms with Crippen LogP contribution in [-0.4, -0.2) is 39.2 Å². The standard InChI is InChI=1S/C24H24N6O3/c1-15-12-26-24(27-17-5-3-16(4-6-17)22-13-25-9-10-33-22)28-23(15)20-14-29(2)21-11-18(30(31)32)7-8-19(20)21/h3-8,11-12,14,22,25H,9-10,13H2,1-2H3,(H,26,27,28). The summed E-state index contributed by atoms with van der Waals surface area (Å²) < 4.78 is 7.69. The van der Waals surface area contributed by atoms with Crippen molar-refractivity contribution in [1.82, 2.24) is 19.9 Å². The summed E-state index contributed by atoms with van der Waals surface area (Å²) in [6.07, 6.45) is 3.79. The first-order valence-electron chi connectivity index (χ1n) is 10.8. The van der Waals surface area contributed by atoms with E-state index < -0.39 is 0 Å². The Balaban J connectivity index is 1.43. The molecule has 168 valence electrons. The van der Waals surface area contributed by atoms with Crippen molar-refractivity contribution < 1.29 is 9.66 Å². The van der Waals surface area contributed by atoms with Crippen LogP contribution in [0.3, 0.4) is 0 Å². The van der Waals surface area contributed by atoms with Gasteiger partial charge in [-0.15, -0.1) is 0 Å². The van der Waals surface area contributed by atoms with Gasteiger partial charge in [-0.1, -0.05) is 12.1 Å². The minimum absolute atomic E-state index is 0.0647. The molecule has 4 aromatic rings. The van der Waals surface area contributed by atoms with Crippen molar-refractivity contribution in [1.29, 1.82) is 0 Å². The fourth-order valence-corrected chi connectivity index (χ4v) is 4.14. The van der Waals surface area contributed by atoms with E-state index in [0.717, 1.165) is 52.1 Å². The van der Waals surface area contributed by atoms with Crippen LogP contribution >= 0.6 is 0 Å². The lowest BCUT2D eigenvalue weighted by Crippen LogP contribution is -2.33. The molecule has 33 heavy (non-hydrogen) atoms. The molecule has 1 fully saturated rings. The van der Waals surface area contributed by atoms with E-state index in [1.54, 1.807) is 18.3 Å². The van der Waals surface area contributed by atoms with E-state index in [-0.39, 0.29) is 16.7 Å². The summed E-state index contributed by atoms with van der Waals surface area (Å²) in [6.45, 7) is 4.37. The first-order chi connectivity index (χ1) is 16.0. The Morgan fingerprint density at radius 2 is 2.06 bits per heavy atom. The van der Waals surface area contributed by atoms with Crippen LogP contribution in [0.1, 0.15) is 17.2 Å². The van der Waals surface area contributed by atoms with E-state index in [4.69, 9.17) is 9.72 Å². The molecule has 9 nitrogen and oxygen atoms in total. The van der Waals surface area contributed by atoms with Gasteiger partial charge in [0, 0.05) is 61.3 Å². The van der Waals surface area contributed by atoms with E-state index in [9.17, 15) is 10.1 Å². The quantitative estimate of drug-likeness (QED) is 0.350. The van der Waals surface area contributed by atoms with Gasteiger partial charge in [-0.2, -0.15) is 0 Å². The molecular formula is C24H24N6O3. The van der Waals surface area contributed by atoms with E-state index in [0.29, 0.717) is 12.6 Å². The molecule has 2 aromatic heterocycles. The highest BCUT2D eigenvalue weighted by atomic mass is 16.6. The summed E-state index contributed by atoms with van der Waals surface area (Å²) in [4.78, 5) is 20.0. The van der Waals surface area contributed by atoms with Crippen LogP contribution in [0.25, 0.3) is 22.2 Å². The third-order valence-electron chi connectivity index (χ3n) is 5.88. The molecule has 0 bridgehead atoms. The highest BCUT2D eigenvalue weighted by Crippen LogP contribution is 2.33. The lowest BCUT2D eigenvalue weighted by Gasteiger charge is -2.24. The second-order valence-electron chi connectivity index (χ2n) is 8.15. The second-order valence-corrected chi connectivity index (χ2v) is 8.15. The van der Waals surface area contributed by atoms with Crippen molar-refractivity contribution in [3.8, 4) is 11.3 Å². The largest absolute Gasteiger partial charge is 0.371 e. The normalized spacial score (nSPS) is 16.1. The molecule has 0 radical (unpaired) electrons. The molecule has 2 aromatic carbocycles. The van der Waals surface area contributed by atoms with Gasteiger partial charge >= 0.3 is 0 Å². The molecule has 2 N–H and O–H groups in total. The Kier molecular flexibility index (Phi) is 5.49. The molecular weight excluding hydrogens is 420 g/mol. The Labute approximate surface area is 190 Å². The van der Waals surface area contributed by atoms with Gasteiger partial charge in [0.05, 0.1) is 28.8 Å². The average molecular weight is 444 g/mol. The van der Waals surface area contributed by atoms with Gasteiger partial charge in [-0.3, -0.25) is 10.1 Å². The molecule has 0 amide bonds. The van der Waals surface area contributed by atoms with Crippen LogP contribution in [0.5, 0.6) is 0 Å². The maximum Gasteiger partial charge on any atom is 0.271 e. The Morgan fingerprint density at radius 1 is 1.24 bits per heavy atom. The molecule has 0 aliphatic carbocycles. The number of nitrogens with one attached hydrogen (secondary N) is 2. The van der Waals surface area contributed by atoms with Crippen molar-refractivity contribution in [2.75, 3.05) is 25.0 Å². The van der Waals surface area contributed by atoms with E-state index in [1.807, 2.05) is 49.0 Å². The number of hydrogen-bond acceptors (Lipinski definition) is 7. The molecule has 1 atom stereocenters. The molecule has 1 saturated heterocycles. The number of nitro groups is 1. The highest BCUT2D eigenvalue weighted by Gasteiger charge is 2.17. The van der Waals surface area contributed by atoms with E-state index in [2.05, 4.69) is 15.6 Å². The number of hydrogen-bond donors (Lipinski definition) is 2. The van der Waals surface area contributed by atoms with Gasteiger partial charge in [0.2, 0.25) is 5.95 Å². The number of non-ortho nitro benzene ring substituents is 1. The summed E-state index contributed by atoms with van der Waals surface area (Å²) in [5.41, 5.74) is 5.46. The number of aryl methyl sites for hydroxylation is 2. The van der Waals surface area contributed by atoms with Gasteiger partial charge in [-0.05, 0) is 36.2 Å². The first-order valence-corrected chi connectivity index (χ1v) is 10.8. The summed E-state index contributed by atoms with van der Waals surface area (Å²) in [5.74, 6) is 0.484. The minimum atomic E-state index is -0.383. The smallest absolute Gasteiger partial charge is 0.271 e. The topological polar surface area (TPSA) is 107 Å². The Hall–Kier alpha value is -3.82. The molecule has 1 aliphatic rings. The Morgan fingerprint density at radius 3 is 2.79 bits per heavy atom. The zero-order valence-corrected chi connectivity index (χ0v) is 18.4. The molecule has 1 unspecified atom stereocenters.